The van der Waals surface area contributed by atoms with Gasteiger partial charge in [-0.25, -0.2) is 14.6 Å². The van der Waals surface area contributed by atoms with Gasteiger partial charge < -0.3 is 15.2 Å². The molecule has 5 rings (SSSR count). The Morgan fingerprint density at radius 2 is 1.62 bits per heavy atom. The van der Waals surface area contributed by atoms with Crippen molar-refractivity contribution in [2.24, 2.45) is 5.92 Å². The van der Waals surface area contributed by atoms with Gasteiger partial charge in [-0.2, -0.15) is 0 Å². The summed E-state index contributed by atoms with van der Waals surface area (Å²) in [5, 5.41) is 14.5. The number of hydrogen-bond donors (Lipinski definition) is 3. The molecule has 2 amide bonds. The van der Waals surface area contributed by atoms with E-state index < -0.39 is 24.0 Å². The van der Waals surface area contributed by atoms with Crippen LogP contribution in [0.3, 0.4) is 0 Å². The number of carbonyl (C=O) groups is 3. The number of carboxylic acids is 1. The molecule has 1 saturated carbocycles. The lowest BCUT2D eigenvalue weighted by atomic mass is 9.98. The summed E-state index contributed by atoms with van der Waals surface area (Å²) in [7, 11) is 0. The van der Waals surface area contributed by atoms with Gasteiger partial charge in [0.2, 0.25) is 0 Å². The fraction of sp³-hybridized carbons (Fsp3) is 0.231. The molecule has 2 aliphatic carbocycles. The Bertz CT molecular complexity index is 1230. The van der Waals surface area contributed by atoms with Crippen LogP contribution < -0.4 is 10.6 Å². The molecule has 0 radical (unpaired) electrons. The lowest BCUT2D eigenvalue weighted by Gasteiger charge is -2.16. The molecule has 172 valence electrons. The van der Waals surface area contributed by atoms with Crippen LogP contribution in [0.25, 0.3) is 11.1 Å². The van der Waals surface area contributed by atoms with Crippen molar-refractivity contribution in [3.05, 3.63) is 83.7 Å². The number of nitrogens with one attached hydrogen (secondary N) is 2. The number of amides is 2. The van der Waals surface area contributed by atoms with Crippen LogP contribution in [0.5, 0.6) is 0 Å². The minimum Gasteiger partial charge on any atom is -0.480 e. The van der Waals surface area contributed by atoms with Crippen LogP contribution in [0.15, 0.2) is 66.9 Å². The van der Waals surface area contributed by atoms with E-state index in [0.717, 1.165) is 35.1 Å². The van der Waals surface area contributed by atoms with Gasteiger partial charge in [-0.15, -0.1) is 0 Å². The van der Waals surface area contributed by atoms with E-state index in [2.05, 4.69) is 27.8 Å². The number of fused-ring (bicyclic) bond motifs is 3. The van der Waals surface area contributed by atoms with Gasteiger partial charge in [-0.3, -0.25) is 10.1 Å². The molecule has 1 aromatic heterocycles. The highest BCUT2D eigenvalue weighted by molar-refractivity contribution is 6.02. The van der Waals surface area contributed by atoms with Crippen LogP contribution in [0, 0.1) is 5.92 Å². The van der Waals surface area contributed by atoms with E-state index in [0.29, 0.717) is 0 Å². The number of aromatic nitrogens is 1. The summed E-state index contributed by atoms with van der Waals surface area (Å²) < 4.78 is 5.54. The van der Waals surface area contributed by atoms with Crippen LogP contribution >= 0.6 is 0 Å². The number of carboxylic acid groups (broad SMARTS) is 1. The second-order valence-corrected chi connectivity index (χ2v) is 8.48. The van der Waals surface area contributed by atoms with Crippen LogP contribution in [-0.4, -0.2) is 40.7 Å². The zero-order valence-corrected chi connectivity index (χ0v) is 18.2. The number of benzene rings is 2. The molecule has 34 heavy (non-hydrogen) atoms. The fourth-order valence-corrected chi connectivity index (χ4v) is 4.45. The number of carbonyl (C=O) groups excluding carboxylic acids is 2. The standard InChI is InChI=1S/C26H23N3O5/c30-24(29-22(25(31)32)15-11-12-15)23-21(10-5-13-27-23)28-26(33)34-14-20-18-8-3-1-6-16(18)17-7-2-4-9-19(17)20/h1-10,13,15,20,22H,11-12,14H2,(H,28,33)(H,29,30)(H,31,32). The smallest absolute Gasteiger partial charge is 0.411 e. The lowest BCUT2D eigenvalue weighted by Crippen LogP contribution is -2.42. The molecule has 3 N–H and O–H groups in total. The van der Waals surface area contributed by atoms with Gasteiger partial charge in [-0.1, -0.05) is 48.5 Å². The van der Waals surface area contributed by atoms with E-state index in [1.165, 1.54) is 12.3 Å². The second kappa shape index (κ2) is 8.97. The third-order valence-corrected chi connectivity index (χ3v) is 6.25. The molecule has 8 heteroatoms. The number of nitrogens with zero attached hydrogens (tertiary/aromatic N) is 1. The van der Waals surface area contributed by atoms with Crippen molar-refractivity contribution >= 4 is 23.7 Å². The van der Waals surface area contributed by atoms with E-state index in [1.807, 2.05) is 36.4 Å². The van der Waals surface area contributed by atoms with Gasteiger partial charge in [0.05, 0.1) is 5.69 Å². The Balaban J connectivity index is 1.27. The minimum atomic E-state index is -1.09. The predicted octanol–water partition coefficient (Wildman–Crippen LogP) is 4.04. The zero-order chi connectivity index (χ0) is 23.7. The van der Waals surface area contributed by atoms with Gasteiger partial charge in [0.15, 0.2) is 5.69 Å². The van der Waals surface area contributed by atoms with Crippen molar-refractivity contribution in [2.75, 3.05) is 11.9 Å². The summed E-state index contributed by atoms with van der Waals surface area (Å²) in [5.74, 6) is -1.92. The summed E-state index contributed by atoms with van der Waals surface area (Å²) >= 11 is 0. The van der Waals surface area contributed by atoms with Crippen molar-refractivity contribution in [1.82, 2.24) is 10.3 Å². The van der Waals surface area contributed by atoms with Crippen LogP contribution in [0.4, 0.5) is 10.5 Å². The SMILES string of the molecule is O=C(Nc1cccnc1C(=O)NC(C(=O)O)C1CC1)OCC1c2ccccc2-c2ccccc21. The molecule has 0 saturated heterocycles. The van der Waals surface area contributed by atoms with Crippen molar-refractivity contribution in [3.8, 4) is 11.1 Å². The lowest BCUT2D eigenvalue weighted by molar-refractivity contribution is -0.139. The number of hydrogen-bond acceptors (Lipinski definition) is 5. The van der Waals surface area contributed by atoms with Crippen molar-refractivity contribution in [1.29, 1.82) is 0 Å². The van der Waals surface area contributed by atoms with Crippen molar-refractivity contribution < 1.29 is 24.2 Å². The van der Waals surface area contributed by atoms with Crippen molar-refractivity contribution in [3.63, 3.8) is 0 Å². The maximum atomic E-state index is 12.7. The van der Waals surface area contributed by atoms with E-state index in [4.69, 9.17) is 4.74 Å². The molecule has 3 aromatic rings. The van der Waals surface area contributed by atoms with E-state index in [9.17, 15) is 19.5 Å². The third-order valence-electron chi connectivity index (χ3n) is 6.25. The normalized spacial score (nSPS) is 15.1. The van der Waals surface area contributed by atoms with Gasteiger partial charge in [-0.05, 0) is 53.1 Å². The van der Waals surface area contributed by atoms with E-state index in [-0.39, 0.29) is 29.8 Å². The first kappa shape index (κ1) is 21.6. The quantitative estimate of drug-likeness (QED) is 0.493. The summed E-state index contributed by atoms with van der Waals surface area (Å²) in [5.41, 5.74) is 4.53. The number of rotatable bonds is 7. The molecular formula is C26H23N3O5. The molecule has 8 nitrogen and oxygen atoms in total. The first-order chi connectivity index (χ1) is 16.5. The molecule has 1 heterocycles. The molecular weight excluding hydrogens is 434 g/mol. The van der Waals surface area contributed by atoms with Gasteiger partial charge >= 0.3 is 12.1 Å². The topological polar surface area (TPSA) is 118 Å². The molecule has 2 aliphatic rings. The van der Waals surface area contributed by atoms with Gasteiger partial charge in [0.1, 0.15) is 12.6 Å². The van der Waals surface area contributed by atoms with Crippen LogP contribution in [-0.2, 0) is 9.53 Å². The summed E-state index contributed by atoms with van der Waals surface area (Å²) in [6.45, 7) is 0.129. The Morgan fingerprint density at radius 3 is 2.24 bits per heavy atom. The maximum absolute atomic E-state index is 12.7. The first-order valence-electron chi connectivity index (χ1n) is 11.1. The number of ether oxygens (including phenoxy) is 1. The highest BCUT2D eigenvalue weighted by Crippen LogP contribution is 2.44. The summed E-state index contributed by atoms with van der Waals surface area (Å²) in [6, 6.07) is 18.2. The molecule has 0 spiro atoms. The average Bonchev–Trinajstić information content (AvgIpc) is 3.63. The summed E-state index contributed by atoms with van der Waals surface area (Å²) in [6.07, 6.45) is 2.19. The first-order valence-corrected chi connectivity index (χ1v) is 11.1. The third kappa shape index (κ3) is 4.22. The molecule has 0 bridgehead atoms. The number of pyridine rings is 1. The molecule has 2 aromatic carbocycles. The van der Waals surface area contributed by atoms with Crippen LogP contribution in [0.1, 0.15) is 40.4 Å². The second-order valence-electron chi connectivity index (χ2n) is 8.48. The average molecular weight is 457 g/mol. The summed E-state index contributed by atoms with van der Waals surface area (Å²) in [4.78, 5) is 40.9. The van der Waals surface area contributed by atoms with Gasteiger partial charge in [0, 0.05) is 12.1 Å². The molecule has 1 fully saturated rings. The zero-order valence-electron chi connectivity index (χ0n) is 18.2. The molecule has 0 aliphatic heterocycles. The maximum Gasteiger partial charge on any atom is 0.411 e. The highest BCUT2D eigenvalue weighted by atomic mass is 16.5. The fourth-order valence-electron chi connectivity index (χ4n) is 4.45. The Labute approximate surface area is 196 Å². The molecule has 1 atom stereocenters. The monoisotopic (exact) mass is 457 g/mol. The van der Waals surface area contributed by atoms with E-state index >= 15 is 0 Å². The minimum absolute atomic E-state index is 0.0668. The largest absolute Gasteiger partial charge is 0.480 e. The molecule has 1 unspecified atom stereocenters. The Morgan fingerprint density at radius 1 is 0.971 bits per heavy atom. The van der Waals surface area contributed by atoms with Gasteiger partial charge in [0.25, 0.3) is 5.91 Å². The van der Waals surface area contributed by atoms with Crippen molar-refractivity contribution in [2.45, 2.75) is 24.8 Å². The van der Waals surface area contributed by atoms with Crippen LogP contribution in [0.2, 0.25) is 0 Å². The highest BCUT2D eigenvalue weighted by Gasteiger charge is 2.38. The Kier molecular flexibility index (Phi) is 5.71. The number of anilines is 1. The Hall–Kier alpha value is -4.20. The predicted molar refractivity (Wildman–Crippen MR) is 125 cm³/mol. The number of aliphatic carboxylic acids is 1. The van der Waals surface area contributed by atoms with E-state index in [1.54, 1.807) is 6.07 Å².